The summed E-state index contributed by atoms with van der Waals surface area (Å²) in [6.07, 6.45) is -0.0169. The SMILES string of the molecule is CCN1CCOC(CN2C(=O)C(C)(C)NC(=O)C2C)C1. The number of piperazine rings is 1. The zero-order valence-corrected chi connectivity index (χ0v) is 12.8. The number of nitrogens with one attached hydrogen (secondary N) is 1. The highest BCUT2D eigenvalue weighted by molar-refractivity contribution is 5.99. The Labute approximate surface area is 120 Å². The van der Waals surface area contributed by atoms with Crippen molar-refractivity contribution in [3.8, 4) is 0 Å². The van der Waals surface area contributed by atoms with E-state index >= 15 is 0 Å². The molecule has 2 unspecified atom stereocenters. The molecule has 2 aliphatic rings. The third-order valence-corrected chi connectivity index (χ3v) is 4.15. The van der Waals surface area contributed by atoms with E-state index in [9.17, 15) is 9.59 Å². The third-order valence-electron chi connectivity index (χ3n) is 4.15. The molecule has 0 aromatic carbocycles. The first kappa shape index (κ1) is 15.3. The fourth-order valence-corrected chi connectivity index (χ4v) is 2.78. The van der Waals surface area contributed by atoms with Crippen LogP contribution in [0.3, 0.4) is 0 Å². The van der Waals surface area contributed by atoms with Gasteiger partial charge in [-0.2, -0.15) is 0 Å². The predicted octanol–water partition coefficient (Wildman–Crippen LogP) is -0.167. The summed E-state index contributed by atoms with van der Waals surface area (Å²) in [5.74, 6) is -0.139. The Morgan fingerprint density at radius 3 is 2.75 bits per heavy atom. The molecule has 2 fully saturated rings. The van der Waals surface area contributed by atoms with Gasteiger partial charge in [-0.25, -0.2) is 0 Å². The average molecular weight is 283 g/mol. The normalized spacial score (nSPS) is 31.3. The molecule has 20 heavy (non-hydrogen) atoms. The van der Waals surface area contributed by atoms with Gasteiger partial charge >= 0.3 is 0 Å². The van der Waals surface area contributed by atoms with Gasteiger partial charge in [0.05, 0.1) is 12.7 Å². The number of ether oxygens (including phenoxy) is 1. The number of carbonyl (C=O) groups excluding carboxylic acids is 2. The van der Waals surface area contributed by atoms with Crippen LogP contribution < -0.4 is 5.32 Å². The Balaban J connectivity index is 2.06. The third kappa shape index (κ3) is 2.96. The molecule has 0 saturated carbocycles. The Kier molecular flexibility index (Phi) is 4.34. The number of morpholine rings is 1. The second-order valence-electron chi connectivity index (χ2n) is 6.13. The highest BCUT2D eigenvalue weighted by Gasteiger charge is 2.44. The van der Waals surface area contributed by atoms with Crippen LogP contribution in [0.4, 0.5) is 0 Å². The van der Waals surface area contributed by atoms with E-state index in [2.05, 4.69) is 17.1 Å². The molecule has 0 aromatic heterocycles. The van der Waals surface area contributed by atoms with Gasteiger partial charge in [0.15, 0.2) is 0 Å². The first-order valence-corrected chi connectivity index (χ1v) is 7.32. The summed E-state index contributed by atoms with van der Waals surface area (Å²) in [4.78, 5) is 28.4. The monoisotopic (exact) mass is 283 g/mol. The molecule has 0 radical (unpaired) electrons. The van der Waals surface area contributed by atoms with Crippen molar-refractivity contribution in [1.29, 1.82) is 0 Å². The fraction of sp³-hybridized carbons (Fsp3) is 0.857. The van der Waals surface area contributed by atoms with Crippen molar-refractivity contribution >= 4 is 11.8 Å². The van der Waals surface area contributed by atoms with Crippen LogP contribution in [0.15, 0.2) is 0 Å². The van der Waals surface area contributed by atoms with Gasteiger partial charge in [-0.3, -0.25) is 14.5 Å². The van der Waals surface area contributed by atoms with Crippen LogP contribution in [0.25, 0.3) is 0 Å². The van der Waals surface area contributed by atoms with Crippen LogP contribution >= 0.6 is 0 Å². The van der Waals surface area contributed by atoms with Crippen molar-refractivity contribution < 1.29 is 14.3 Å². The van der Waals surface area contributed by atoms with Crippen molar-refractivity contribution in [1.82, 2.24) is 15.1 Å². The summed E-state index contributed by atoms with van der Waals surface area (Å²) in [6, 6.07) is -0.434. The summed E-state index contributed by atoms with van der Waals surface area (Å²) < 4.78 is 5.75. The lowest BCUT2D eigenvalue weighted by Crippen LogP contribution is -2.68. The quantitative estimate of drug-likeness (QED) is 0.781. The lowest BCUT2D eigenvalue weighted by Gasteiger charge is -2.44. The van der Waals surface area contributed by atoms with Crippen LogP contribution in [0.1, 0.15) is 27.7 Å². The second kappa shape index (κ2) is 5.69. The minimum absolute atomic E-state index is 0.0169. The maximum absolute atomic E-state index is 12.5. The topological polar surface area (TPSA) is 61.9 Å². The molecule has 6 nitrogen and oxygen atoms in total. The molecule has 114 valence electrons. The van der Waals surface area contributed by atoms with Gasteiger partial charge in [-0.15, -0.1) is 0 Å². The van der Waals surface area contributed by atoms with E-state index in [-0.39, 0.29) is 17.9 Å². The number of likely N-dealkylation sites (N-methyl/N-ethyl adjacent to an activating group) is 1. The highest BCUT2D eigenvalue weighted by Crippen LogP contribution is 2.19. The Hall–Kier alpha value is -1.14. The van der Waals surface area contributed by atoms with E-state index in [1.165, 1.54) is 0 Å². The van der Waals surface area contributed by atoms with Crippen molar-refractivity contribution in [3.63, 3.8) is 0 Å². The largest absolute Gasteiger partial charge is 0.374 e. The lowest BCUT2D eigenvalue weighted by molar-refractivity contribution is -0.156. The van der Waals surface area contributed by atoms with Gasteiger partial charge in [0.25, 0.3) is 0 Å². The van der Waals surface area contributed by atoms with Gasteiger partial charge in [0, 0.05) is 19.6 Å². The molecule has 0 bridgehead atoms. The zero-order chi connectivity index (χ0) is 14.9. The Bertz CT molecular complexity index is 397. The fourth-order valence-electron chi connectivity index (χ4n) is 2.78. The molecule has 0 aliphatic carbocycles. The van der Waals surface area contributed by atoms with E-state index in [4.69, 9.17) is 4.74 Å². The number of hydrogen-bond donors (Lipinski definition) is 1. The van der Waals surface area contributed by atoms with Crippen molar-refractivity contribution in [3.05, 3.63) is 0 Å². The molecule has 1 N–H and O–H groups in total. The van der Waals surface area contributed by atoms with Gasteiger partial charge in [0.2, 0.25) is 11.8 Å². The van der Waals surface area contributed by atoms with Gasteiger partial charge in [-0.1, -0.05) is 6.92 Å². The minimum Gasteiger partial charge on any atom is -0.374 e. The van der Waals surface area contributed by atoms with Crippen LogP contribution in [0, 0.1) is 0 Å². The first-order valence-electron chi connectivity index (χ1n) is 7.32. The van der Waals surface area contributed by atoms with Crippen LogP contribution in [0.5, 0.6) is 0 Å². The van der Waals surface area contributed by atoms with Crippen LogP contribution in [-0.2, 0) is 14.3 Å². The van der Waals surface area contributed by atoms with Crippen LogP contribution in [-0.4, -0.2) is 72.1 Å². The lowest BCUT2D eigenvalue weighted by atomic mass is 9.97. The number of hydrogen-bond acceptors (Lipinski definition) is 4. The molecule has 2 aliphatic heterocycles. The summed E-state index contributed by atoms with van der Waals surface area (Å²) in [6.45, 7) is 11.3. The zero-order valence-electron chi connectivity index (χ0n) is 12.8. The van der Waals surface area contributed by atoms with E-state index in [1.54, 1.807) is 25.7 Å². The molecular formula is C14H25N3O3. The van der Waals surface area contributed by atoms with E-state index < -0.39 is 11.6 Å². The molecule has 2 amide bonds. The number of amides is 2. The van der Waals surface area contributed by atoms with Gasteiger partial charge < -0.3 is 15.0 Å². The smallest absolute Gasteiger partial charge is 0.248 e. The van der Waals surface area contributed by atoms with Crippen molar-refractivity contribution in [2.45, 2.75) is 45.4 Å². The van der Waals surface area contributed by atoms with E-state index in [0.29, 0.717) is 13.2 Å². The number of carbonyl (C=O) groups is 2. The van der Waals surface area contributed by atoms with Gasteiger partial charge in [-0.05, 0) is 27.3 Å². The molecule has 2 saturated heterocycles. The first-order chi connectivity index (χ1) is 9.35. The molecule has 0 aromatic rings. The molecule has 0 spiro atoms. The predicted molar refractivity (Wildman–Crippen MR) is 75.3 cm³/mol. The van der Waals surface area contributed by atoms with Gasteiger partial charge in [0.1, 0.15) is 11.6 Å². The summed E-state index contributed by atoms with van der Waals surface area (Å²) in [7, 11) is 0. The van der Waals surface area contributed by atoms with Crippen molar-refractivity contribution in [2.75, 3.05) is 32.8 Å². The van der Waals surface area contributed by atoms with Crippen molar-refractivity contribution in [2.24, 2.45) is 0 Å². The summed E-state index contributed by atoms with van der Waals surface area (Å²) >= 11 is 0. The van der Waals surface area contributed by atoms with Crippen LogP contribution in [0.2, 0.25) is 0 Å². The standard InChI is InChI=1S/C14H25N3O3/c1-5-16-6-7-20-11(8-16)9-17-10(2)12(18)15-14(3,4)13(17)19/h10-11H,5-9H2,1-4H3,(H,15,18). The molecule has 2 heterocycles. The maximum Gasteiger partial charge on any atom is 0.248 e. The maximum atomic E-state index is 12.5. The Morgan fingerprint density at radius 2 is 2.10 bits per heavy atom. The molecular weight excluding hydrogens is 258 g/mol. The number of nitrogens with zero attached hydrogens (tertiary/aromatic N) is 2. The summed E-state index contributed by atoms with van der Waals surface area (Å²) in [5, 5.41) is 2.76. The minimum atomic E-state index is -0.831. The summed E-state index contributed by atoms with van der Waals surface area (Å²) in [5.41, 5.74) is -0.831. The molecule has 2 atom stereocenters. The molecule has 6 heteroatoms. The van der Waals surface area contributed by atoms with E-state index in [0.717, 1.165) is 19.6 Å². The Morgan fingerprint density at radius 1 is 1.40 bits per heavy atom. The highest BCUT2D eigenvalue weighted by atomic mass is 16.5. The number of rotatable bonds is 3. The second-order valence-corrected chi connectivity index (χ2v) is 6.13. The molecule has 2 rings (SSSR count). The van der Waals surface area contributed by atoms with E-state index in [1.807, 2.05) is 0 Å². The average Bonchev–Trinajstić information content (AvgIpc) is 2.41.